The SMILES string of the molecule is CC.CC.CC1(C)c2c(ccc3ccccc23)-c2ccc3c(ccc4ccccc43)c21.CCC. The van der Waals surface area contributed by atoms with Crippen LogP contribution in [0.25, 0.3) is 43.4 Å². The minimum Gasteiger partial charge on any atom is -0.0683 e. The van der Waals surface area contributed by atoms with E-state index in [0.29, 0.717) is 0 Å². The maximum absolute atomic E-state index is 2.39. The van der Waals surface area contributed by atoms with Gasteiger partial charge in [-0.1, -0.05) is 147 Å². The lowest BCUT2D eigenvalue weighted by molar-refractivity contribution is 0.672. The predicted molar refractivity (Wildman–Crippen MR) is 155 cm³/mol. The topological polar surface area (TPSA) is 0 Å². The number of hydrogen-bond acceptors (Lipinski definition) is 0. The van der Waals surface area contributed by atoms with Crippen molar-refractivity contribution in [1.29, 1.82) is 0 Å². The zero-order valence-electron chi connectivity index (χ0n) is 22.3. The van der Waals surface area contributed by atoms with Gasteiger partial charge in [0.15, 0.2) is 0 Å². The second kappa shape index (κ2) is 10.9. The Labute approximate surface area is 206 Å². The summed E-state index contributed by atoms with van der Waals surface area (Å²) in [6, 6.07) is 31.3. The summed E-state index contributed by atoms with van der Waals surface area (Å²) >= 11 is 0. The fourth-order valence-electron chi connectivity index (χ4n) is 5.28. The van der Waals surface area contributed by atoms with Gasteiger partial charge in [-0.25, -0.2) is 0 Å². The third kappa shape index (κ3) is 4.11. The van der Waals surface area contributed by atoms with E-state index in [4.69, 9.17) is 0 Å². The molecule has 6 rings (SSSR count). The Morgan fingerprint density at radius 3 is 1.50 bits per heavy atom. The van der Waals surface area contributed by atoms with Gasteiger partial charge in [-0.05, 0) is 54.6 Å². The lowest BCUT2D eigenvalue weighted by atomic mass is 9.78. The van der Waals surface area contributed by atoms with Gasteiger partial charge >= 0.3 is 0 Å². The molecule has 0 aliphatic heterocycles. The van der Waals surface area contributed by atoms with Crippen molar-refractivity contribution in [3.8, 4) is 11.1 Å². The standard InChI is InChI=1S/C27H20.C3H8.2C2H6/c1-27(2)25-20-10-6-4-8-18(20)12-14-23(25)24-16-15-21-19-9-5-3-7-17(19)11-13-22(21)26(24)27;1-3-2;2*1-2/h3-16H,1-2H3;3H2,1-2H3;2*1-2H3. The first-order valence-electron chi connectivity index (χ1n) is 13.1. The van der Waals surface area contributed by atoms with E-state index in [1.54, 1.807) is 0 Å². The molecule has 0 heterocycles. The van der Waals surface area contributed by atoms with E-state index in [-0.39, 0.29) is 5.41 Å². The molecular formula is C34H40. The van der Waals surface area contributed by atoms with Gasteiger partial charge in [0.05, 0.1) is 0 Å². The second-order valence-electron chi connectivity index (χ2n) is 8.91. The Morgan fingerprint density at radius 1 is 0.471 bits per heavy atom. The lowest BCUT2D eigenvalue weighted by Gasteiger charge is -2.25. The van der Waals surface area contributed by atoms with Crippen LogP contribution in [0.3, 0.4) is 0 Å². The maximum atomic E-state index is 2.39. The highest BCUT2D eigenvalue weighted by Crippen LogP contribution is 2.53. The number of fused-ring (bicyclic) bond motifs is 9. The van der Waals surface area contributed by atoms with Crippen molar-refractivity contribution in [3.63, 3.8) is 0 Å². The molecule has 0 spiro atoms. The third-order valence-corrected chi connectivity index (χ3v) is 6.40. The summed E-state index contributed by atoms with van der Waals surface area (Å²) in [5, 5.41) is 8.10. The van der Waals surface area contributed by atoms with Crippen LogP contribution in [-0.4, -0.2) is 0 Å². The molecule has 0 heteroatoms. The van der Waals surface area contributed by atoms with Crippen molar-refractivity contribution in [2.24, 2.45) is 0 Å². The van der Waals surface area contributed by atoms with Gasteiger partial charge in [0.2, 0.25) is 0 Å². The summed E-state index contributed by atoms with van der Waals surface area (Å²) in [5.41, 5.74) is 5.70. The molecule has 34 heavy (non-hydrogen) atoms. The largest absolute Gasteiger partial charge is 0.0683 e. The Morgan fingerprint density at radius 2 is 0.882 bits per heavy atom. The molecule has 0 saturated carbocycles. The molecule has 5 aromatic carbocycles. The zero-order chi connectivity index (χ0) is 24.9. The normalized spacial score (nSPS) is 12.5. The smallest absolute Gasteiger partial charge is 0.0171 e. The van der Waals surface area contributed by atoms with Gasteiger partial charge in [0, 0.05) is 5.41 Å². The average molecular weight is 449 g/mol. The number of benzene rings is 5. The zero-order valence-corrected chi connectivity index (χ0v) is 22.3. The van der Waals surface area contributed by atoms with Crippen LogP contribution in [0, 0.1) is 0 Å². The van der Waals surface area contributed by atoms with Crippen LogP contribution < -0.4 is 0 Å². The van der Waals surface area contributed by atoms with Crippen molar-refractivity contribution in [2.45, 2.75) is 67.2 Å². The molecule has 0 saturated heterocycles. The van der Waals surface area contributed by atoms with Gasteiger partial charge in [-0.3, -0.25) is 0 Å². The minimum absolute atomic E-state index is 0.0203. The molecule has 0 radical (unpaired) electrons. The average Bonchev–Trinajstić information content (AvgIpc) is 3.14. The highest BCUT2D eigenvalue weighted by atomic mass is 14.4. The molecule has 0 fully saturated rings. The molecule has 0 atom stereocenters. The van der Waals surface area contributed by atoms with Gasteiger partial charge in [-0.15, -0.1) is 0 Å². The summed E-state index contributed by atoms with van der Waals surface area (Å²) in [4.78, 5) is 0. The van der Waals surface area contributed by atoms with Crippen LogP contribution >= 0.6 is 0 Å². The first kappa shape index (κ1) is 25.5. The fourth-order valence-corrected chi connectivity index (χ4v) is 5.28. The van der Waals surface area contributed by atoms with Gasteiger partial charge < -0.3 is 0 Å². The van der Waals surface area contributed by atoms with E-state index >= 15 is 0 Å². The van der Waals surface area contributed by atoms with E-state index < -0.39 is 0 Å². The van der Waals surface area contributed by atoms with E-state index in [9.17, 15) is 0 Å². The van der Waals surface area contributed by atoms with Crippen molar-refractivity contribution < 1.29 is 0 Å². The summed E-state index contributed by atoms with van der Waals surface area (Å²) < 4.78 is 0. The van der Waals surface area contributed by atoms with Gasteiger partial charge in [0.1, 0.15) is 0 Å². The van der Waals surface area contributed by atoms with Crippen LogP contribution in [0.15, 0.2) is 84.9 Å². The first-order valence-corrected chi connectivity index (χ1v) is 13.1. The molecule has 176 valence electrons. The molecule has 0 bridgehead atoms. The maximum Gasteiger partial charge on any atom is 0.0171 e. The van der Waals surface area contributed by atoms with Gasteiger partial charge in [0.25, 0.3) is 0 Å². The van der Waals surface area contributed by atoms with Crippen molar-refractivity contribution in [3.05, 3.63) is 96.1 Å². The highest BCUT2D eigenvalue weighted by Gasteiger charge is 2.38. The predicted octanol–water partition coefficient (Wildman–Crippen LogP) is 10.9. The molecule has 0 nitrogen and oxygen atoms in total. The number of rotatable bonds is 0. The monoisotopic (exact) mass is 448 g/mol. The first-order chi connectivity index (χ1) is 16.6. The molecule has 0 amide bonds. The van der Waals surface area contributed by atoms with E-state index in [1.807, 2.05) is 27.7 Å². The Hall–Kier alpha value is -3.12. The molecule has 1 aliphatic rings. The van der Waals surface area contributed by atoms with Crippen molar-refractivity contribution in [1.82, 2.24) is 0 Å². The summed E-state index contributed by atoms with van der Waals surface area (Å²) in [7, 11) is 0. The highest BCUT2D eigenvalue weighted by molar-refractivity contribution is 6.12. The molecule has 5 aromatic rings. The van der Waals surface area contributed by atoms with E-state index in [0.717, 1.165) is 0 Å². The second-order valence-corrected chi connectivity index (χ2v) is 8.91. The van der Waals surface area contributed by atoms with Crippen molar-refractivity contribution in [2.75, 3.05) is 0 Å². The van der Waals surface area contributed by atoms with Crippen LogP contribution in [0.5, 0.6) is 0 Å². The summed E-state index contributed by atoms with van der Waals surface area (Å²) in [6.45, 7) is 17.0. The van der Waals surface area contributed by atoms with Crippen LogP contribution in [0.4, 0.5) is 0 Å². The molecule has 0 aromatic heterocycles. The Balaban J connectivity index is 0.000000423. The molecule has 1 aliphatic carbocycles. The minimum atomic E-state index is -0.0203. The molecule has 0 unspecified atom stereocenters. The number of hydrogen-bond donors (Lipinski definition) is 0. The van der Waals surface area contributed by atoms with Crippen LogP contribution in [-0.2, 0) is 5.41 Å². The summed E-state index contributed by atoms with van der Waals surface area (Å²) in [5.74, 6) is 0. The molecule has 0 N–H and O–H groups in total. The summed E-state index contributed by atoms with van der Waals surface area (Å²) in [6.07, 6.45) is 1.25. The van der Waals surface area contributed by atoms with E-state index in [2.05, 4.69) is 113 Å². The quantitative estimate of drug-likeness (QED) is 0.207. The Bertz CT molecular complexity index is 1400. The third-order valence-electron chi connectivity index (χ3n) is 6.40. The Kier molecular flexibility index (Phi) is 8.15. The van der Waals surface area contributed by atoms with Crippen LogP contribution in [0.1, 0.15) is 72.9 Å². The van der Waals surface area contributed by atoms with Gasteiger partial charge in [-0.2, -0.15) is 0 Å². The fraction of sp³-hybridized carbons (Fsp3) is 0.294. The molecular weight excluding hydrogens is 408 g/mol. The lowest BCUT2D eigenvalue weighted by Crippen LogP contribution is -2.16. The van der Waals surface area contributed by atoms with Crippen molar-refractivity contribution >= 4 is 32.3 Å². The van der Waals surface area contributed by atoms with E-state index in [1.165, 1.54) is 61.0 Å². The van der Waals surface area contributed by atoms with Crippen LogP contribution in [0.2, 0.25) is 0 Å².